The number of allylic oxidation sites excluding steroid dienone is 1. The fraction of sp³-hybridized carbons (Fsp3) is 0.500. The van der Waals surface area contributed by atoms with E-state index >= 15 is 0 Å². The molecule has 0 spiro atoms. The lowest BCUT2D eigenvalue weighted by atomic mass is 10.2. The Kier molecular flexibility index (Phi) is 2.54. The van der Waals surface area contributed by atoms with Gasteiger partial charge in [0.1, 0.15) is 0 Å². The Morgan fingerprint density at radius 1 is 1.43 bits per heavy atom. The summed E-state index contributed by atoms with van der Waals surface area (Å²) >= 11 is 0. The first kappa shape index (κ1) is 9.27. The molecule has 1 fully saturated rings. The van der Waals surface area contributed by atoms with Crippen LogP contribution in [0.5, 0.6) is 0 Å². The van der Waals surface area contributed by atoms with Crippen LogP contribution in [-0.4, -0.2) is 49.5 Å². The minimum atomic E-state index is 0.797. The zero-order valence-electron chi connectivity index (χ0n) is 8.44. The molecule has 0 aromatic rings. The fourth-order valence-corrected chi connectivity index (χ4v) is 1.63. The maximum atomic E-state index is 5.31. The van der Waals surface area contributed by atoms with Gasteiger partial charge in [-0.05, 0) is 6.08 Å². The molecule has 0 radical (unpaired) electrons. The van der Waals surface area contributed by atoms with Gasteiger partial charge in [0, 0.05) is 26.4 Å². The SMILES string of the molecule is C=C1C(N2CCOCC2)=CC=NN1C. The number of rotatable bonds is 1. The third-order valence-electron chi connectivity index (χ3n) is 2.51. The Morgan fingerprint density at radius 2 is 2.14 bits per heavy atom. The highest BCUT2D eigenvalue weighted by molar-refractivity contribution is 5.74. The third kappa shape index (κ3) is 1.65. The highest BCUT2D eigenvalue weighted by atomic mass is 16.5. The maximum absolute atomic E-state index is 5.31. The largest absolute Gasteiger partial charge is 0.378 e. The molecule has 4 nitrogen and oxygen atoms in total. The molecule has 0 N–H and O–H groups in total. The predicted molar refractivity (Wildman–Crippen MR) is 55.9 cm³/mol. The first-order valence-corrected chi connectivity index (χ1v) is 4.79. The van der Waals surface area contributed by atoms with Crippen LogP contribution in [0, 0.1) is 0 Å². The summed E-state index contributed by atoms with van der Waals surface area (Å²) in [5.74, 6) is 0. The van der Waals surface area contributed by atoms with Gasteiger partial charge in [-0.15, -0.1) is 0 Å². The topological polar surface area (TPSA) is 28.1 Å². The summed E-state index contributed by atoms with van der Waals surface area (Å²) in [5.41, 5.74) is 2.11. The second-order valence-corrected chi connectivity index (χ2v) is 3.39. The van der Waals surface area contributed by atoms with Gasteiger partial charge < -0.3 is 9.64 Å². The molecule has 2 rings (SSSR count). The van der Waals surface area contributed by atoms with E-state index in [-0.39, 0.29) is 0 Å². The average molecular weight is 193 g/mol. The van der Waals surface area contributed by atoms with Crippen LogP contribution in [0.2, 0.25) is 0 Å². The molecular weight excluding hydrogens is 178 g/mol. The predicted octanol–water partition coefficient (Wildman–Crippen LogP) is 0.647. The number of morpholine rings is 1. The van der Waals surface area contributed by atoms with Crippen molar-refractivity contribution in [3.8, 4) is 0 Å². The molecule has 0 amide bonds. The molecule has 2 aliphatic heterocycles. The van der Waals surface area contributed by atoms with Crippen molar-refractivity contribution in [3.05, 3.63) is 24.0 Å². The van der Waals surface area contributed by atoms with Gasteiger partial charge in [0.05, 0.1) is 24.6 Å². The van der Waals surface area contributed by atoms with Crippen LogP contribution in [-0.2, 0) is 4.74 Å². The molecular formula is C10H15N3O. The van der Waals surface area contributed by atoms with Gasteiger partial charge >= 0.3 is 0 Å². The van der Waals surface area contributed by atoms with Crippen LogP contribution >= 0.6 is 0 Å². The first-order chi connectivity index (χ1) is 6.79. The van der Waals surface area contributed by atoms with Gasteiger partial charge in [-0.25, -0.2) is 0 Å². The zero-order chi connectivity index (χ0) is 9.97. The molecule has 0 atom stereocenters. The molecule has 2 aliphatic rings. The van der Waals surface area contributed by atoms with Crippen LogP contribution in [0.15, 0.2) is 29.2 Å². The average Bonchev–Trinajstić information content (AvgIpc) is 2.23. The van der Waals surface area contributed by atoms with E-state index in [2.05, 4.69) is 16.6 Å². The number of ether oxygens (including phenoxy) is 1. The highest BCUT2D eigenvalue weighted by Gasteiger charge is 2.19. The van der Waals surface area contributed by atoms with Gasteiger partial charge in [-0.2, -0.15) is 5.10 Å². The summed E-state index contributed by atoms with van der Waals surface area (Å²) in [4.78, 5) is 2.29. The van der Waals surface area contributed by atoms with Gasteiger partial charge in [0.25, 0.3) is 0 Å². The first-order valence-electron chi connectivity index (χ1n) is 4.79. The quantitative estimate of drug-likeness (QED) is 0.612. The van der Waals surface area contributed by atoms with Crippen molar-refractivity contribution in [2.75, 3.05) is 33.4 Å². The lowest BCUT2D eigenvalue weighted by molar-refractivity contribution is 0.0532. The summed E-state index contributed by atoms with van der Waals surface area (Å²) in [5, 5.41) is 5.93. The Bertz CT molecular complexity index is 290. The van der Waals surface area contributed by atoms with Crippen LogP contribution in [0.3, 0.4) is 0 Å². The van der Waals surface area contributed by atoms with Crippen LogP contribution in [0.1, 0.15) is 0 Å². The van der Waals surface area contributed by atoms with Gasteiger partial charge in [0.15, 0.2) is 0 Å². The second-order valence-electron chi connectivity index (χ2n) is 3.39. The van der Waals surface area contributed by atoms with Crippen LogP contribution in [0.25, 0.3) is 0 Å². The summed E-state index contributed by atoms with van der Waals surface area (Å²) in [6.45, 7) is 7.48. The molecule has 14 heavy (non-hydrogen) atoms. The van der Waals surface area contributed by atoms with Crippen molar-refractivity contribution in [3.63, 3.8) is 0 Å². The summed E-state index contributed by atoms with van der Waals surface area (Å²) in [7, 11) is 1.91. The molecule has 0 unspecified atom stereocenters. The molecule has 0 saturated carbocycles. The number of hydrogen-bond donors (Lipinski definition) is 0. The van der Waals surface area contributed by atoms with E-state index in [0.29, 0.717) is 0 Å². The Labute approximate surface area is 84.1 Å². The normalized spacial score (nSPS) is 22.6. The molecule has 76 valence electrons. The molecule has 2 heterocycles. The molecule has 1 saturated heterocycles. The Balaban J connectivity index is 2.12. The number of hydrazone groups is 1. The molecule has 0 aliphatic carbocycles. The number of hydrogen-bond acceptors (Lipinski definition) is 4. The summed E-state index contributed by atoms with van der Waals surface area (Å²) in [6, 6.07) is 0. The van der Waals surface area contributed by atoms with E-state index in [1.165, 1.54) is 0 Å². The third-order valence-corrected chi connectivity index (χ3v) is 2.51. The van der Waals surface area contributed by atoms with Crippen molar-refractivity contribution < 1.29 is 4.74 Å². The van der Waals surface area contributed by atoms with E-state index < -0.39 is 0 Å². The van der Waals surface area contributed by atoms with Crippen molar-refractivity contribution >= 4 is 6.21 Å². The highest BCUT2D eigenvalue weighted by Crippen LogP contribution is 2.20. The van der Waals surface area contributed by atoms with Crippen LogP contribution < -0.4 is 0 Å². The van der Waals surface area contributed by atoms with E-state index in [0.717, 1.165) is 37.7 Å². The summed E-state index contributed by atoms with van der Waals surface area (Å²) < 4.78 is 5.31. The Hall–Kier alpha value is -1.29. The van der Waals surface area contributed by atoms with E-state index in [1.54, 1.807) is 11.2 Å². The minimum Gasteiger partial charge on any atom is -0.378 e. The number of nitrogens with zero attached hydrogens (tertiary/aromatic N) is 3. The van der Waals surface area contributed by atoms with E-state index in [4.69, 9.17) is 4.74 Å². The summed E-state index contributed by atoms with van der Waals surface area (Å²) in [6.07, 6.45) is 3.81. The van der Waals surface area contributed by atoms with Gasteiger partial charge in [-0.3, -0.25) is 5.01 Å². The minimum absolute atomic E-state index is 0.797. The van der Waals surface area contributed by atoms with Crippen molar-refractivity contribution in [2.24, 2.45) is 5.10 Å². The second kappa shape index (κ2) is 3.84. The fourth-order valence-electron chi connectivity index (χ4n) is 1.63. The van der Waals surface area contributed by atoms with Crippen LogP contribution in [0.4, 0.5) is 0 Å². The maximum Gasteiger partial charge on any atom is 0.0752 e. The smallest absolute Gasteiger partial charge is 0.0752 e. The van der Waals surface area contributed by atoms with Crippen molar-refractivity contribution in [1.29, 1.82) is 0 Å². The molecule has 0 aromatic heterocycles. The van der Waals surface area contributed by atoms with E-state index in [1.807, 2.05) is 13.1 Å². The lowest BCUT2D eigenvalue weighted by Crippen LogP contribution is -2.38. The van der Waals surface area contributed by atoms with Gasteiger partial charge in [0.2, 0.25) is 0 Å². The zero-order valence-corrected chi connectivity index (χ0v) is 8.44. The standard InChI is InChI=1S/C10H15N3O/c1-9-10(3-4-11-12(9)2)13-5-7-14-8-6-13/h3-4H,1,5-8H2,2H3. The number of likely N-dealkylation sites (N-methyl/N-ethyl adjacent to an activating group) is 1. The lowest BCUT2D eigenvalue weighted by Gasteiger charge is -2.34. The monoisotopic (exact) mass is 193 g/mol. The molecule has 4 heteroatoms. The van der Waals surface area contributed by atoms with Crippen molar-refractivity contribution in [2.45, 2.75) is 0 Å². The molecule has 0 aromatic carbocycles. The Morgan fingerprint density at radius 3 is 2.86 bits per heavy atom. The van der Waals surface area contributed by atoms with Gasteiger partial charge in [-0.1, -0.05) is 6.58 Å². The van der Waals surface area contributed by atoms with Crippen molar-refractivity contribution in [1.82, 2.24) is 9.91 Å². The van der Waals surface area contributed by atoms with E-state index in [9.17, 15) is 0 Å². The molecule has 0 bridgehead atoms.